The summed E-state index contributed by atoms with van der Waals surface area (Å²) in [5.74, 6) is -2.74. The van der Waals surface area contributed by atoms with Crippen LogP contribution in [0.2, 0.25) is 0 Å². The van der Waals surface area contributed by atoms with Crippen molar-refractivity contribution < 1.29 is 38.6 Å². The van der Waals surface area contributed by atoms with Crippen LogP contribution in [0.1, 0.15) is 122 Å². The molecule has 3 aliphatic rings. The Morgan fingerprint density at radius 3 is 2.22 bits per heavy atom. The van der Waals surface area contributed by atoms with Gasteiger partial charge in [-0.05, 0) is 91.3 Å². The Morgan fingerprint density at radius 1 is 0.866 bits per heavy atom. The monoisotopic (exact) mass is 927 g/mol. The molecule has 18 heteroatoms. The molecule has 6 rings (SSSR count). The van der Waals surface area contributed by atoms with Crippen molar-refractivity contribution in [1.82, 2.24) is 51.3 Å². The fourth-order valence-electron chi connectivity index (χ4n) is 8.89. The van der Waals surface area contributed by atoms with Gasteiger partial charge in [-0.25, -0.2) is 9.48 Å². The molecule has 67 heavy (non-hydrogen) atoms. The molecule has 0 spiro atoms. The number of tetrazole rings is 1. The maximum absolute atomic E-state index is 14.7. The van der Waals surface area contributed by atoms with Crippen molar-refractivity contribution in [2.45, 2.75) is 167 Å². The summed E-state index contributed by atoms with van der Waals surface area (Å²) < 4.78 is 7.81. The Hall–Kier alpha value is -5.91. The number of carbonyl (C=O) groups is 6. The standard InChI is InChI=1S/C49H70N10O8/c1-8-16-37(43(61)46(64)50-35-23-24-35)51-44(62)38-27-36(67-48(66)57-26-25-32-17-12-13-18-33(32)28-57)29-58(38)47(65)42(31(4)5)53-45(63)41(30(2)3)52-40(60)22-15-14-21-39-54-55-56-59(39)49(6,7)34-19-10-9-11-20-34/h9-13,17-20,30-31,35-38,41-43,61H,8,14-16,21-29H2,1-7H3,(H,50,64)(H,51,62)(H,52,60)(H,53,63)/t36?,37?,38-,41-,42?,43?/m0/s1. The quantitative estimate of drug-likeness (QED) is 0.0971. The van der Waals surface area contributed by atoms with Gasteiger partial charge in [0.05, 0.1) is 18.1 Å². The molecule has 6 atom stereocenters. The number of benzene rings is 2. The number of aryl methyl sites for hydroxylation is 1. The van der Waals surface area contributed by atoms with Crippen molar-refractivity contribution in [3.8, 4) is 0 Å². The number of nitrogens with zero attached hydrogens (tertiary/aromatic N) is 6. The van der Waals surface area contributed by atoms with Gasteiger partial charge in [-0.2, -0.15) is 0 Å². The van der Waals surface area contributed by atoms with Gasteiger partial charge < -0.3 is 40.9 Å². The van der Waals surface area contributed by atoms with Gasteiger partial charge >= 0.3 is 6.09 Å². The number of fused-ring (bicyclic) bond motifs is 1. The summed E-state index contributed by atoms with van der Waals surface area (Å²) in [5, 5.41) is 34.9. The first-order valence-electron chi connectivity index (χ1n) is 24.0. The molecule has 364 valence electrons. The highest BCUT2D eigenvalue weighted by molar-refractivity contribution is 5.95. The number of aliphatic hydroxyl groups excluding tert-OH is 1. The normalized spacial score (nSPS) is 19.0. The fraction of sp³-hybridized carbons (Fsp3) is 0.612. The molecule has 2 aliphatic heterocycles. The molecule has 3 heterocycles. The van der Waals surface area contributed by atoms with Crippen LogP contribution in [0.5, 0.6) is 0 Å². The first-order valence-corrected chi connectivity index (χ1v) is 24.0. The summed E-state index contributed by atoms with van der Waals surface area (Å²) in [6.07, 6.45) is 1.98. The highest BCUT2D eigenvalue weighted by atomic mass is 16.6. The van der Waals surface area contributed by atoms with E-state index in [4.69, 9.17) is 4.74 Å². The maximum Gasteiger partial charge on any atom is 0.410 e. The molecule has 2 aromatic carbocycles. The lowest BCUT2D eigenvalue weighted by Gasteiger charge is -2.33. The van der Waals surface area contributed by atoms with E-state index in [1.807, 2.05) is 75.4 Å². The van der Waals surface area contributed by atoms with Gasteiger partial charge in [0.2, 0.25) is 23.6 Å². The van der Waals surface area contributed by atoms with Crippen LogP contribution in [0.3, 0.4) is 0 Å². The van der Waals surface area contributed by atoms with Crippen molar-refractivity contribution in [2.24, 2.45) is 11.8 Å². The maximum atomic E-state index is 14.7. The van der Waals surface area contributed by atoms with Crippen molar-refractivity contribution in [1.29, 1.82) is 0 Å². The van der Waals surface area contributed by atoms with Gasteiger partial charge in [0.25, 0.3) is 5.91 Å². The molecule has 0 radical (unpaired) electrons. The lowest BCUT2D eigenvalue weighted by atomic mass is 9.94. The highest BCUT2D eigenvalue weighted by Crippen LogP contribution is 2.28. The molecule has 6 amide bonds. The largest absolute Gasteiger partial charge is 0.444 e. The number of carbonyl (C=O) groups excluding carboxylic acids is 6. The van der Waals surface area contributed by atoms with E-state index < -0.39 is 77.6 Å². The smallest absolute Gasteiger partial charge is 0.410 e. The second-order valence-electron chi connectivity index (χ2n) is 19.5. The van der Waals surface area contributed by atoms with Gasteiger partial charge in [0.15, 0.2) is 11.9 Å². The molecule has 1 aromatic heterocycles. The number of likely N-dealkylation sites (tertiary alicyclic amines) is 1. The van der Waals surface area contributed by atoms with E-state index >= 15 is 0 Å². The lowest BCUT2D eigenvalue weighted by Crippen LogP contribution is -2.60. The minimum atomic E-state index is -1.52. The lowest BCUT2D eigenvalue weighted by molar-refractivity contribution is -0.144. The van der Waals surface area contributed by atoms with Crippen molar-refractivity contribution in [3.05, 3.63) is 77.1 Å². The minimum absolute atomic E-state index is 0.000164. The summed E-state index contributed by atoms with van der Waals surface area (Å²) in [5.41, 5.74) is 2.74. The van der Waals surface area contributed by atoms with Crippen molar-refractivity contribution in [3.63, 3.8) is 0 Å². The number of hydrogen-bond donors (Lipinski definition) is 5. The molecule has 0 bridgehead atoms. The van der Waals surface area contributed by atoms with Crippen molar-refractivity contribution >= 4 is 35.6 Å². The Balaban J connectivity index is 1.10. The second-order valence-corrected chi connectivity index (χ2v) is 19.5. The van der Waals surface area contributed by atoms with Crippen LogP contribution < -0.4 is 21.3 Å². The van der Waals surface area contributed by atoms with Crippen LogP contribution in [-0.4, -0.2) is 126 Å². The molecular formula is C49H70N10O8. The number of aromatic nitrogens is 4. The highest BCUT2D eigenvalue weighted by Gasteiger charge is 2.46. The third-order valence-electron chi connectivity index (χ3n) is 13.1. The number of nitrogens with one attached hydrogen (secondary N) is 4. The van der Waals surface area contributed by atoms with E-state index in [9.17, 15) is 33.9 Å². The van der Waals surface area contributed by atoms with E-state index in [2.05, 4.69) is 36.8 Å². The molecule has 4 unspecified atom stereocenters. The predicted molar refractivity (Wildman–Crippen MR) is 249 cm³/mol. The molecule has 5 N–H and O–H groups in total. The molecule has 2 fully saturated rings. The van der Waals surface area contributed by atoms with E-state index in [1.165, 1.54) is 4.90 Å². The van der Waals surface area contributed by atoms with Crippen LogP contribution in [-0.2, 0) is 53.6 Å². The van der Waals surface area contributed by atoms with Crippen molar-refractivity contribution in [2.75, 3.05) is 13.1 Å². The third-order valence-corrected chi connectivity index (χ3v) is 13.1. The number of hydrogen-bond acceptors (Lipinski definition) is 11. The van der Waals surface area contributed by atoms with Crippen LogP contribution in [0.15, 0.2) is 54.6 Å². The summed E-state index contributed by atoms with van der Waals surface area (Å²) >= 11 is 0. The summed E-state index contributed by atoms with van der Waals surface area (Å²) in [6, 6.07) is 13.6. The van der Waals surface area contributed by atoms with Gasteiger partial charge in [0.1, 0.15) is 24.2 Å². The van der Waals surface area contributed by atoms with Gasteiger partial charge in [-0.3, -0.25) is 24.0 Å². The van der Waals surface area contributed by atoms with Gasteiger partial charge in [-0.15, -0.1) is 5.10 Å². The van der Waals surface area contributed by atoms with Crippen LogP contribution in [0, 0.1) is 11.8 Å². The zero-order valence-corrected chi connectivity index (χ0v) is 40.1. The Morgan fingerprint density at radius 2 is 1.55 bits per heavy atom. The first-order chi connectivity index (χ1) is 32.0. The average Bonchev–Trinajstić information content (AvgIpc) is 3.81. The topological polar surface area (TPSA) is 230 Å². The SMILES string of the molecule is CCCC(NC(=O)[C@@H]1CC(OC(=O)N2CCc3ccccc3C2)CN1C(=O)C(NC(=O)[C@@H](NC(=O)CCCCc1nnnn1C(C)(C)c1ccccc1)C(C)C)C(C)C)C(O)C(=O)NC1CC1. The zero-order chi connectivity index (χ0) is 48.4. The number of amides is 6. The average molecular weight is 927 g/mol. The van der Waals surface area contributed by atoms with Crippen LogP contribution in [0.25, 0.3) is 0 Å². The van der Waals surface area contributed by atoms with Gasteiger partial charge in [-0.1, -0.05) is 95.6 Å². The zero-order valence-electron chi connectivity index (χ0n) is 40.1. The molecule has 3 aromatic rings. The summed E-state index contributed by atoms with van der Waals surface area (Å²) in [4.78, 5) is 85.8. The number of unbranched alkanes of at least 4 members (excludes halogenated alkanes) is 1. The Kier molecular flexibility index (Phi) is 17.1. The molecule has 1 saturated carbocycles. The predicted octanol–water partition coefficient (Wildman–Crippen LogP) is 3.54. The first kappa shape index (κ1) is 50.5. The molecule has 1 saturated heterocycles. The van der Waals surface area contributed by atoms with Crippen LogP contribution in [0.4, 0.5) is 4.79 Å². The number of aliphatic hydroxyl groups is 1. The van der Waals surface area contributed by atoms with E-state index in [0.29, 0.717) is 57.4 Å². The molecular weight excluding hydrogens is 857 g/mol. The summed E-state index contributed by atoms with van der Waals surface area (Å²) in [7, 11) is 0. The Bertz CT molecular complexity index is 2190. The third kappa shape index (κ3) is 13.0. The Labute approximate surface area is 393 Å². The minimum Gasteiger partial charge on any atom is -0.444 e. The van der Waals surface area contributed by atoms with E-state index in [-0.39, 0.29) is 37.3 Å². The number of ether oxygens (including phenoxy) is 1. The molecule has 18 nitrogen and oxygen atoms in total. The summed E-state index contributed by atoms with van der Waals surface area (Å²) in [6.45, 7) is 13.8. The van der Waals surface area contributed by atoms with E-state index in [0.717, 1.165) is 29.5 Å². The van der Waals surface area contributed by atoms with E-state index in [1.54, 1.807) is 37.3 Å². The fourth-order valence-corrected chi connectivity index (χ4v) is 8.89. The van der Waals surface area contributed by atoms with Gasteiger partial charge in [0, 0.05) is 38.4 Å². The number of rotatable bonds is 21. The second kappa shape index (κ2) is 22.7. The van der Waals surface area contributed by atoms with Crippen LogP contribution >= 0.6 is 0 Å². The molecule has 1 aliphatic carbocycles.